The average Bonchev–Trinajstić information content (AvgIpc) is 2.38. The fourth-order valence-corrected chi connectivity index (χ4v) is 3.36. The Kier molecular flexibility index (Phi) is 7.35. The Bertz CT molecular complexity index is 542. The van der Waals surface area contributed by atoms with Crippen molar-refractivity contribution in [3.8, 4) is 0 Å². The van der Waals surface area contributed by atoms with Crippen LogP contribution in [0.2, 0.25) is 5.15 Å². The third kappa shape index (κ3) is 5.63. The third-order valence-corrected chi connectivity index (χ3v) is 4.85. The second-order valence-electron chi connectivity index (χ2n) is 4.14. The number of likely N-dealkylation sites (N-methyl/N-ethyl adjacent to an activating group) is 1. The molecule has 0 aliphatic heterocycles. The van der Waals surface area contributed by atoms with E-state index >= 15 is 0 Å². The molecule has 1 heterocycles. The maximum Gasteiger partial charge on any atom is 0.243 e. The molecule has 0 aromatic carbocycles. The minimum Gasteiger partial charge on any atom is -0.383 e. The molecule has 20 heavy (non-hydrogen) atoms. The number of ether oxygens (including phenoxy) is 1. The van der Waals surface area contributed by atoms with Crippen LogP contribution in [0.5, 0.6) is 0 Å². The molecular formula is C11H17BrClN3O3S. The predicted octanol–water partition coefficient (Wildman–Crippen LogP) is 1.35. The highest BCUT2D eigenvalue weighted by Gasteiger charge is 2.19. The molecule has 0 unspecified atom stereocenters. The van der Waals surface area contributed by atoms with Crippen molar-refractivity contribution in [2.45, 2.75) is 4.90 Å². The van der Waals surface area contributed by atoms with Crippen LogP contribution in [0.25, 0.3) is 0 Å². The summed E-state index contributed by atoms with van der Waals surface area (Å²) in [6.45, 7) is 2.19. The zero-order chi connectivity index (χ0) is 15.2. The Morgan fingerprint density at radius 2 is 2.20 bits per heavy atom. The number of sulfonamides is 1. The molecule has 0 aliphatic carbocycles. The Morgan fingerprint density at radius 1 is 1.50 bits per heavy atom. The molecule has 0 saturated carbocycles. The Morgan fingerprint density at radius 3 is 2.85 bits per heavy atom. The quantitative estimate of drug-likeness (QED) is 0.683. The fourth-order valence-electron chi connectivity index (χ4n) is 1.40. The largest absolute Gasteiger partial charge is 0.383 e. The summed E-state index contributed by atoms with van der Waals surface area (Å²) in [6, 6.07) is 1.42. The van der Waals surface area contributed by atoms with E-state index in [1.54, 1.807) is 7.11 Å². The lowest BCUT2D eigenvalue weighted by Gasteiger charge is -2.16. The molecule has 0 bridgehead atoms. The van der Waals surface area contributed by atoms with Crippen LogP contribution in [-0.4, -0.2) is 58.7 Å². The van der Waals surface area contributed by atoms with Gasteiger partial charge < -0.3 is 9.64 Å². The minimum absolute atomic E-state index is 0.0342. The molecule has 0 aliphatic rings. The van der Waals surface area contributed by atoms with Crippen LogP contribution < -0.4 is 4.72 Å². The molecule has 1 aromatic rings. The lowest BCUT2D eigenvalue weighted by atomic mass is 10.5. The van der Waals surface area contributed by atoms with Crippen molar-refractivity contribution >= 4 is 37.6 Å². The van der Waals surface area contributed by atoms with Gasteiger partial charge in [0.1, 0.15) is 10.0 Å². The van der Waals surface area contributed by atoms with Gasteiger partial charge in [-0.3, -0.25) is 0 Å². The Balaban J connectivity index is 2.60. The molecule has 0 fully saturated rings. The van der Waals surface area contributed by atoms with E-state index in [0.29, 0.717) is 17.6 Å². The number of methoxy groups -OCH3 is 1. The van der Waals surface area contributed by atoms with Gasteiger partial charge in [-0.2, -0.15) is 0 Å². The van der Waals surface area contributed by atoms with E-state index in [-0.39, 0.29) is 16.6 Å². The smallest absolute Gasteiger partial charge is 0.243 e. The van der Waals surface area contributed by atoms with Crippen molar-refractivity contribution in [1.82, 2.24) is 14.6 Å². The van der Waals surface area contributed by atoms with E-state index in [2.05, 4.69) is 25.6 Å². The first-order chi connectivity index (χ1) is 9.36. The van der Waals surface area contributed by atoms with Crippen LogP contribution in [0, 0.1) is 0 Å². The molecule has 1 N–H and O–H groups in total. The number of nitrogens with zero attached hydrogens (tertiary/aromatic N) is 2. The SMILES string of the molecule is COCCN(C)CCNS(=O)(=O)c1cc(Br)cnc1Cl. The van der Waals surface area contributed by atoms with Gasteiger partial charge in [0.05, 0.1) is 6.61 Å². The molecule has 0 amide bonds. The van der Waals surface area contributed by atoms with Gasteiger partial charge in [-0.05, 0) is 29.0 Å². The number of halogens is 2. The summed E-state index contributed by atoms with van der Waals surface area (Å²) in [7, 11) is -0.148. The number of rotatable bonds is 8. The summed E-state index contributed by atoms with van der Waals surface area (Å²) >= 11 is 8.99. The molecule has 1 aromatic heterocycles. The molecular weight excluding hydrogens is 370 g/mol. The van der Waals surface area contributed by atoms with Gasteiger partial charge in [0, 0.05) is 37.4 Å². The van der Waals surface area contributed by atoms with E-state index in [9.17, 15) is 8.42 Å². The first-order valence-corrected chi connectivity index (χ1v) is 8.50. The second kappa shape index (κ2) is 8.26. The van der Waals surface area contributed by atoms with Gasteiger partial charge in [0.25, 0.3) is 0 Å². The average molecular weight is 387 g/mol. The highest BCUT2D eigenvalue weighted by atomic mass is 79.9. The van der Waals surface area contributed by atoms with Gasteiger partial charge in [-0.15, -0.1) is 0 Å². The topological polar surface area (TPSA) is 71.5 Å². The van der Waals surface area contributed by atoms with E-state index in [0.717, 1.165) is 6.54 Å². The van der Waals surface area contributed by atoms with Crippen molar-refractivity contribution in [1.29, 1.82) is 0 Å². The van der Waals surface area contributed by atoms with Crippen LogP contribution in [0.4, 0.5) is 0 Å². The Labute approximate surface area is 132 Å². The maximum atomic E-state index is 12.1. The van der Waals surface area contributed by atoms with Gasteiger partial charge >= 0.3 is 0 Å². The number of hydrogen-bond acceptors (Lipinski definition) is 5. The van der Waals surface area contributed by atoms with E-state index < -0.39 is 10.0 Å². The third-order valence-electron chi connectivity index (χ3n) is 2.53. The van der Waals surface area contributed by atoms with Crippen LogP contribution >= 0.6 is 27.5 Å². The highest BCUT2D eigenvalue weighted by Crippen LogP contribution is 2.22. The van der Waals surface area contributed by atoms with Crippen molar-refractivity contribution in [2.24, 2.45) is 0 Å². The van der Waals surface area contributed by atoms with Crippen LogP contribution in [0.1, 0.15) is 0 Å². The van der Waals surface area contributed by atoms with Gasteiger partial charge in [0.2, 0.25) is 10.0 Å². The van der Waals surface area contributed by atoms with Crippen molar-refractivity contribution in [3.05, 3.63) is 21.9 Å². The predicted molar refractivity (Wildman–Crippen MR) is 81.5 cm³/mol. The van der Waals surface area contributed by atoms with E-state index in [1.807, 2.05) is 11.9 Å². The van der Waals surface area contributed by atoms with Crippen LogP contribution in [-0.2, 0) is 14.8 Å². The maximum absolute atomic E-state index is 12.1. The molecule has 6 nitrogen and oxygen atoms in total. The molecule has 0 spiro atoms. The van der Waals surface area contributed by atoms with Gasteiger partial charge in [0.15, 0.2) is 0 Å². The zero-order valence-corrected chi connectivity index (χ0v) is 14.4. The second-order valence-corrected chi connectivity index (χ2v) is 7.15. The molecule has 0 radical (unpaired) electrons. The van der Waals surface area contributed by atoms with E-state index in [4.69, 9.17) is 16.3 Å². The number of hydrogen-bond donors (Lipinski definition) is 1. The molecule has 114 valence electrons. The van der Waals surface area contributed by atoms with Gasteiger partial charge in [-0.1, -0.05) is 11.6 Å². The fraction of sp³-hybridized carbons (Fsp3) is 0.545. The van der Waals surface area contributed by atoms with Crippen LogP contribution in [0.3, 0.4) is 0 Å². The number of nitrogens with one attached hydrogen (secondary N) is 1. The summed E-state index contributed by atoms with van der Waals surface area (Å²) < 4.78 is 32.2. The molecule has 9 heteroatoms. The van der Waals surface area contributed by atoms with Crippen molar-refractivity contribution in [2.75, 3.05) is 40.4 Å². The zero-order valence-electron chi connectivity index (χ0n) is 11.3. The van der Waals surface area contributed by atoms with Crippen molar-refractivity contribution < 1.29 is 13.2 Å². The normalized spacial score (nSPS) is 12.1. The van der Waals surface area contributed by atoms with E-state index in [1.165, 1.54) is 12.3 Å². The summed E-state index contributed by atoms with van der Waals surface area (Å²) in [6.07, 6.45) is 1.44. The summed E-state index contributed by atoms with van der Waals surface area (Å²) in [5.41, 5.74) is 0. The molecule has 0 saturated heterocycles. The summed E-state index contributed by atoms with van der Waals surface area (Å²) in [5.74, 6) is 0. The number of aromatic nitrogens is 1. The lowest BCUT2D eigenvalue weighted by Crippen LogP contribution is -2.34. The molecule has 1 rings (SSSR count). The molecule has 0 atom stereocenters. The Hall–Kier alpha value is -0.250. The summed E-state index contributed by atoms with van der Waals surface area (Å²) in [4.78, 5) is 5.73. The standard InChI is InChI=1S/C11H17BrClN3O3S/c1-16(5-6-19-2)4-3-15-20(17,18)10-7-9(12)8-14-11(10)13/h7-8,15H,3-6H2,1-2H3. The van der Waals surface area contributed by atoms with Gasteiger partial charge in [-0.25, -0.2) is 18.1 Å². The summed E-state index contributed by atoms with van der Waals surface area (Å²) in [5, 5.41) is -0.0477. The van der Waals surface area contributed by atoms with Crippen LogP contribution in [0.15, 0.2) is 21.6 Å². The van der Waals surface area contributed by atoms with Crippen molar-refractivity contribution in [3.63, 3.8) is 0 Å². The lowest BCUT2D eigenvalue weighted by molar-refractivity contribution is 0.162. The first-order valence-electron chi connectivity index (χ1n) is 5.85. The highest BCUT2D eigenvalue weighted by molar-refractivity contribution is 9.10. The minimum atomic E-state index is -3.66. The number of pyridine rings is 1. The first kappa shape index (κ1) is 17.8. The monoisotopic (exact) mass is 385 g/mol.